The molecule has 0 saturated carbocycles. The number of hydrogen-bond acceptors (Lipinski definition) is 3. The first-order valence-corrected chi connectivity index (χ1v) is 9.47. The summed E-state index contributed by atoms with van der Waals surface area (Å²) in [5.74, 6) is 1.61. The SMILES string of the molecule is CN=C(NCC(C)N1CCc2ccccc2C1)N(C)CC1CCOC1. The zero-order valence-corrected chi connectivity index (χ0v) is 15.9. The van der Waals surface area contributed by atoms with Gasteiger partial charge in [-0.25, -0.2) is 0 Å². The van der Waals surface area contributed by atoms with Gasteiger partial charge >= 0.3 is 0 Å². The molecule has 0 radical (unpaired) electrons. The van der Waals surface area contributed by atoms with E-state index in [9.17, 15) is 0 Å². The number of hydrogen-bond donors (Lipinski definition) is 1. The van der Waals surface area contributed by atoms with E-state index in [-0.39, 0.29) is 0 Å². The van der Waals surface area contributed by atoms with Crippen LogP contribution in [0.4, 0.5) is 0 Å². The minimum atomic E-state index is 0.480. The number of rotatable bonds is 5. The van der Waals surface area contributed by atoms with Gasteiger partial charge in [0.25, 0.3) is 0 Å². The van der Waals surface area contributed by atoms with E-state index in [1.165, 1.54) is 11.1 Å². The van der Waals surface area contributed by atoms with Crippen LogP contribution in [0.5, 0.6) is 0 Å². The maximum absolute atomic E-state index is 5.48. The molecule has 2 heterocycles. The van der Waals surface area contributed by atoms with Crippen LogP contribution in [0.2, 0.25) is 0 Å². The lowest BCUT2D eigenvalue weighted by Gasteiger charge is -2.34. The monoisotopic (exact) mass is 344 g/mol. The summed E-state index contributed by atoms with van der Waals surface area (Å²) in [7, 11) is 3.99. The Morgan fingerprint density at radius 2 is 2.20 bits per heavy atom. The molecule has 2 atom stereocenters. The van der Waals surface area contributed by atoms with Gasteiger partial charge in [0.15, 0.2) is 5.96 Å². The molecule has 1 N–H and O–H groups in total. The molecule has 25 heavy (non-hydrogen) atoms. The van der Waals surface area contributed by atoms with Gasteiger partial charge in [0.1, 0.15) is 0 Å². The highest BCUT2D eigenvalue weighted by molar-refractivity contribution is 5.79. The van der Waals surface area contributed by atoms with Crippen molar-refractivity contribution in [2.75, 3.05) is 46.9 Å². The van der Waals surface area contributed by atoms with Gasteiger partial charge in [0.2, 0.25) is 0 Å². The van der Waals surface area contributed by atoms with Crippen LogP contribution in [0.3, 0.4) is 0 Å². The van der Waals surface area contributed by atoms with E-state index in [2.05, 4.69) is 58.3 Å². The molecule has 1 aromatic carbocycles. The first kappa shape index (κ1) is 18.2. The molecule has 138 valence electrons. The number of aliphatic imine (C=N–C) groups is 1. The number of benzene rings is 1. The fourth-order valence-corrected chi connectivity index (χ4v) is 3.85. The lowest BCUT2D eigenvalue weighted by molar-refractivity contribution is 0.180. The van der Waals surface area contributed by atoms with Crippen molar-refractivity contribution in [2.45, 2.75) is 32.4 Å². The Balaban J connectivity index is 1.48. The Bertz CT molecular complexity index is 583. The maximum Gasteiger partial charge on any atom is 0.193 e. The molecule has 0 bridgehead atoms. The van der Waals surface area contributed by atoms with E-state index >= 15 is 0 Å². The summed E-state index contributed by atoms with van der Waals surface area (Å²) in [5.41, 5.74) is 2.98. The van der Waals surface area contributed by atoms with Crippen LogP contribution in [0, 0.1) is 5.92 Å². The van der Waals surface area contributed by atoms with Gasteiger partial charge in [0.05, 0.1) is 6.61 Å². The highest BCUT2D eigenvalue weighted by Gasteiger charge is 2.22. The molecule has 2 aliphatic rings. The molecule has 0 spiro atoms. The van der Waals surface area contributed by atoms with Crippen LogP contribution < -0.4 is 5.32 Å². The van der Waals surface area contributed by atoms with Crippen LogP contribution in [0.1, 0.15) is 24.5 Å². The molecule has 0 aliphatic carbocycles. The van der Waals surface area contributed by atoms with Crippen LogP contribution in [0.25, 0.3) is 0 Å². The average Bonchev–Trinajstić information content (AvgIpc) is 3.14. The number of nitrogens with one attached hydrogen (secondary N) is 1. The van der Waals surface area contributed by atoms with Gasteiger partial charge in [-0.3, -0.25) is 9.89 Å². The van der Waals surface area contributed by atoms with Gasteiger partial charge in [-0.05, 0) is 30.9 Å². The smallest absolute Gasteiger partial charge is 0.193 e. The fraction of sp³-hybridized carbons (Fsp3) is 0.650. The molecule has 0 amide bonds. The molecule has 2 unspecified atom stereocenters. The van der Waals surface area contributed by atoms with Gasteiger partial charge < -0.3 is 15.0 Å². The Hall–Kier alpha value is -1.59. The highest BCUT2D eigenvalue weighted by Crippen LogP contribution is 2.20. The third-order valence-corrected chi connectivity index (χ3v) is 5.47. The molecule has 3 rings (SSSR count). The quantitative estimate of drug-likeness (QED) is 0.655. The molecular formula is C20H32N4O. The van der Waals surface area contributed by atoms with E-state index < -0.39 is 0 Å². The van der Waals surface area contributed by atoms with Gasteiger partial charge in [-0.2, -0.15) is 0 Å². The van der Waals surface area contributed by atoms with Crippen molar-refractivity contribution < 1.29 is 4.74 Å². The zero-order chi connectivity index (χ0) is 17.6. The number of fused-ring (bicyclic) bond motifs is 1. The van der Waals surface area contributed by atoms with Gasteiger partial charge in [-0.1, -0.05) is 24.3 Å². The van der Waals surface area contributed by atoms with Crippen LogP contribution in [-0.4, -0.2) is 68.7 Å². The van der Waals surface area contributed by atoms with Crippen LogP contribution >= 0.6 is 0 Å². The molecule has 5 nitrogen and oxygen atoms in total. The minimum absolute atomic E-state index is 0.480. The molecule has 1 fully saturated rings. The predicted molar refractivity (Wildman–Crippen MR) is 103 cm³/mol. The van der Waals surface area contributed by atoms with E-state index in [1.807, 2.05) is 7.05 Å². The van der Waals surface area contributed by atoms with Crippen LogP contribution in [0.15, 0.2) is 29.3 Å². The summed E-state index contributed by atoms with van der Waals surface area (Å²) in [4.78, 5) is 9.25. The topological polar surface area (TPSA) is 40.1 Å². The molecule has 1 aromatic rings. The standard InChI is InChI=1S/C20H32N4O/c1-16(24-10-8-18-6-4-5-7-19(18)14-24)12-22-20(21-2)23(3)13-17-9-11-25-15-17/h4-7,16-17H,8-15H2,1-3H3,(H,21,22). The van der Waals surface area contributed by atoms with Crippen molar-refractivity contribution in [1.82, 2.24) is 15.1 Å². The van der Waals surface area contributed by atoms with Gasteiger partial charge in [-0.15, -0.1) is 0 Å². The summed E-state index contributed by atoms with van der Waals surface area (Å²) in [5, 5.41) is 3.56. The Labute approximate surface area is 152 Å². The van der Waals surface area contributed by atoms with E-state index in [1.54, 1.807) is 0 Å². The Morgan fingerprint density at radius 1 is 1.40 bits per heavy atom. The summed E-state index contributed by atoms with van der Waals surface area (Å²) in [6.45, 7) is 8.19. The third kappa shape index (κ3) is 4.73. The lowest BCUT2D eigenvalue weighted by atomic mass is 9.99. The largest absolute Gasteiger partial charge is 0.381 e. The van der Waals surface area contributed by atoms with Crippen molar-refractivity contribution in [3.63, 3.8) is 0 Å². The third-order valence-electron chi connectivity index (χ3n) is 5.47. The van der Waals surface area contributed by atoms with E-state index in [0.29, 0.717) is 12.0 Å². The number of nitrogens with zero attached hydrogens (tertiary/aromatic N) is 3. The first-order chi connectivity index (χ1) is 12.2. The molecule has 5 heteroatoms. The predicted octanol–water partition coefficient (Wildman–Crippen LogP) is 1.98. The van der Waals surface area contributed by atoms with Crippen molar-refractivity contribution in [2.24, 2.45) is 10.9 Å². The van der Waals surface area contributed by atoms with Crippen molar-refractivity contribution in [3.05, 3.63) is 35.4 Å². The summed E-state index contributed by atoms with van der Waals surface area (Å²) in [6, 6.07) is 9.30. The van der Waals surface area contributed by atoms with Crippen LogP contribution in [-0.2, 0) is 17.7 Å². The second-order valence-electron chi connectivity index (χ2n) is 7.38. The van der Waals surface area contributed by atoms with Crippen molar-refractivity contribution in [3.8, 4) is 0 Å². The summed E-state index contributed by atoms with van der Waals surface area (Å²) >= 11 is 0. The maximum atomic E-state index is 5.48. The minimum Gasteiger partial charge on any atom is -0.381 e. The second-order valence-corrected chi connectivity index (χ2v) is 7.38. The fourth-order valence-electron chi connectivity index (χ4n) is 3.85. The molecular weight excluding hydrogens is 312 g/mol. The first-order valence-electron chi connectivity index (χ1n) is 9.47. The Morgan fingerprint density at radius 3 is 2.92 bits per heavy atom. The van der Waals surface area contributed by atoms with Crippen molar-refractivity contribution >= 4 is 5.96 Å². The van der Waals surface area contributed by atoms with E-state index in [0.717, 1.165) is 58.2 Å². The normalized spacial score (nSPS) is 22.5. The number of ether oxygens (including phenoxy) is 1. The van der Waals surface area contributed by atoms with E-state index in [4.69, 9.17) is 4.74 Å². The van der Waals surface area contributed by atoms with Gasteiger partial charge in [0, 0.05) is 58.8 Å². The lowest BCUT2D eigenvalue weighted by Crippen LogP contribution is -2.48. The molecule has 2 aliphatic heterocycles. The Kier molecular flexibility index (Phi) is 6.32. The molecule has 1 saturated heterocycles. The zero-order valence-electron chi connectivity index (χ0n) is 15.9. The summed E-state index contributed by atoms with van der Waals surface area (Å²) < 4.78 is 5.48. The summed E-state index contributed by atoms with van der Waals surface area (Å²) in [6.07, 6.45) is 2.31. The number of guanidine groups is 1. The highest BCUT2D eigenvalue weighted by atomic mass is 16.5. The molecule has 0 aromatic heterocycles. The average molecular weight is 345 g/mol. The van der Waals surface area contributed by atoms with Crippen molar-refractivity contribution in [1.29, 1.82) is 0 Å². The second kappa shape index (κ2) is 8.68.